The van der Waals surface area contributed by atoms with Gasteiger partial charge in [0.05, 0.1) is 0 Å². The molecule has 0 aromatic carbocycles. The van der Waals surface area contributed by atoms with Gasteiger partial charge in [0.15, 0.2) is 0 Å². The number of nitrogens with one attached hydrogen (secondary N) is 1. The van der Waals surface area contributed by atoms with Gasteiger partial charge in [-0.25, -0.2) is 23.7 Å². The fourth-order valence-electron chi connectivity index (χ4n) is 1.80. The van der Waals surface area contributed by atoms with Gasteiger partial charge in [-0.3, -0.25) is 4.79 Å². The van der Waals surface area contributed by atoms with Crippen molar-refractivity contribution in [1.82, 2.24) is 24.8 Å². The maximum Gasteiger partial charge on any atom is 0.280 e. The Balaban J connectivity index is 1.82. The summed E-state index contributed by atoms with van der Waals surface area (Å²) in [5, 5.41) is 2.64. The third-order valence-corrected chi connectivity index (χ3v) is 2.93. The molecular weight excluding hydrogens is 280 g/mol. The van der Waals surface area contributed by atoms with E-state index < -0.39 is 18.0 Å². The predicted octanol–water partition coefficient (Wildman–Crippen LogP) is 1.74. The molecule has 0 fully saturated rings. The molecule has 0 saturated heterocycles. The zero-order chi connectivity index (χ0) is 15.2. The second-order valence-electron chi connectivity index (χ2n) is 4.41. The number of imidazole rings is 1. The highest BCUT2D eigenvalue weighted by atomic mass is 19.3. The molecule has 21 heavy (non-hydrogen) atoms. The Hall–Kier alpha value is -2.38. The first kappa shape index (κ1) is 15.0. The summed E-state index contributed by atoms with van der Waals surface area (Å²) in [6.07, 6.45) is 2.52. The number of aryl methyl sites for hydroxylation is 2. The van der Waals surface area contributed by atoms with Gasteiger partial charge in [-0.05, 0) is 19.4 Å². The number of amides is 1. The van der Waals surface area contributed by atoms with E-state index in [1.807, 2.05) is 17.7 Å². The molecule has 0 unspecified atom stereocenters. The van der Waals surface area contributed by atoms with E-state index in [0.717, 1.165) is 24.8 Å². The molecule has 0 radical (unpaired) electrons. The van der Waals surface area contributed by atoms with Crippen LogP contribution in [0.15, 0.2) is 24.8 Å². The maximum atomic E-state index is 12.5. The fourth-order valence-corrected chi connectivity index (χ4v) is 1.80. The molecule has 0 atom stereocenters. The number of carbonyl (C=O) groups excluding carboxylic acids is 1. The number of aromatic nitrogens is 4. The Morgan fingerprint density at radius 3 is 2.86 bits per heavy atom. The molecule has 0 saturated carbocycles. The van der Waals surface area contributed by atoms with E-state index >= 15 is 0 Å². The van der Waals surface area contributed by atoms with Gasteiger partial charge in [0.2, 0.25) is 0 Å². The Morgan fingerprint density at radius 1 is 1.38 bits per heavy atom. The van der Waals surface area contributed by atoms with Crippen molar-refractivity contribution in [3.63, 3.8) is 0 Å². The monoisotopic (exact) mass is 295 g/mol. The van der Waals surface area contributed by atoms with Crippen LogP contribution in [0, 0.1) is 6.92 Å². The first-order valence-corrected chi connectivity index (χ1v) is 6.44. The van der Waals surface area contributed by atoms with Gasteiger partial charge in [-0.1, -0.05) is 0 Å². The molecule has 1 N–H and O–H groups in total. The van der Waals surface area contributed by atoms with Crippen molar-refractivity contribution in [3.8, 4) is 0 Å². The lowest BCUT2D eigenvalue weighted by Gasteiger charge is -2.07. The van der Waals surface area contributed by atoms with Crippen LogP contribution in [0.25, 0.3) is 0 Å². The molecule has 0 aliphatic carbocycles. The van der Waals surface area contributed by atoms with Crippen molar-refractivity contribution in [2.75, 3.05) is 6.54 Å². The third kappa shape index (κ3) is 4.04. The summed E-state index contributed by atoms with van der Waals surface area (Å²) >= 11 is 0. The summed E-state index contributed by atoms with van der Waals surface area (Å²) in [7, 11) is 0. The highest BCUT2D eigenvalue weighted by molar-refractivity contribution is 5.92. The highest BCUT2D eigenvalue weighted by Gasteiger charge is 2.13. The first-order valence-electron chi connectivity index (χ1n) is 6.44. The van der Waals surface area contributed by atoms with Crippen molar-refractivity contribution < 1.29 is 13.6 Å². The van der Waals surface area contributed by atoms with Crippen molar-refractivity contribution in [1.29, 1.82) is 0 Å². The van der Waals surface area contributed by atoms with E-state index in [0.29, 0.717) is 13.0 Å². The summed E-state index contributed by atoms with van der Waals surface area (Å²) < 4.78 is 26.9. The number of hydrogen-bond acceptors (Lipinski definition) is 4. The molecule has 0 bridgehead atoms. The second kappa shape index (κ2) is 6.87. The van der Waals surface area contributed by atoms with Gasteiger partial charge in [0, 0.05) is 25.5 Å². The SMILES string of the molecule is Cc1nccn1CCCNC(=O)c1cc(C(F)F)ncn1. The Kier molecular flexibility index (Phi) is 4.91. The second-order valence-corrected chi connectivity index (χ2v) is 4.41. The van der Waals surface area contributed by atoms with Gasteiger partial charge >= 0.3 is 0 Å². The topological polar surface area (TPSA) is 72.7 Å². The standard InChI is InChI=1S/C13H15F2N5O/c1-9-16-4-6-20(9)5-2-3-17-13(21)11-7-10(12(14)15)18-8-19-11/h4,6-8,12H,2-3,5H2,1H3,(H,17,21). The molecule has 2 aromatic rings. The number of carbonyl (C=O) groups is 1. The molecular formula is C13H15F2N5O. The predicted molar refractivity (Wildman–Crippen MR) is 70.9 cm³/mol. The van der Waals surface area contributed by atoms with E-state index in [1.54, 1.807) is 6.20 Å². The Bertz CT molecular complexity index is 614. The number of alkyl halides is 2. The molecule has 1 amide bonds. The fraction of sp³-hybridized carbons (Fsp3) is 0.385. The van der Waals surface area contributed by atoms with Crippen molar-refractivity contribution in [3.05, 3.63) is 42.0 Å². The van der Waals surface area contributed by atoms with Crippen LogP contribution in [-0.2, 0) is 6.54 Å². The lowest BCUT2D eigenvalue weighted by molar-refractivity contribution is 0.0946. The Morgan fingerprint density at radius 2 is 2.19 bits per heavy atom. The van der Waals surface area contributed by atoms with Gasteiger partial charge in [0.25, 0.3) is 12.3 Å². The zero-order valence-corrected chi connectivity index (χ0v) is 11.5. The van der Waals surface area contributed by atoms with Crippen LogP contribution in [0.5, 0.6) is 0 Å². The summed E-state index contributed by atoms with van der Waals surface area (Å²) in [4.78, 5) is 23.0. The van der Waals surface area contributed by atoms with Crippen LogP contribution >= 0.6 is 0 Å². The van der Waals surface area contributed by atoms with Crippen LogP contribution in [0.4, 0.5) is 8.78 Å². The van der Waals surface area contributed by atoms with Crippen LogP contribution < -0.4 is 5.32 Å². The molecule has 0 aliphatic rings. The summed E-state index contributed by atoms with van der Waals surface area (Å²) in [6, 6.07) is 1.00. The first-order chi connectivity index (χ1) is 10.1. The molecule has 0 spiro atoms. The van der Waals surface area contributed by atoms with E-state index in [1.165, 1.54) is 0 Å². The van der Waals surface area contributed by atoms with Crippen LogP contribution in [0.1, 0.15) is 34.9 Å². The van der Waals surface area contributed by atoms with Gasteiger partial charge in [0.1, 0.15) is 23.5 Å². The normalized spacial score (nSPS) is 10.9. The van der Waals surface area contributed by atoms with Crippen molar-refractivity contribution in [2.45, 2.75) is 26.3 Å². The average molecular weight is 295 g/mol. The number of hydrogen-bond donors (Lipinski definition) is 1. The van der Waals surface area contributed by atoms with E-state index in [9.17, 15) is 13.6 Å². The van der Waals surface area contributed by atoms with Gasteiger partial charge < -0.3 is 9.88 Å². The molecule has 2 heterocycles. The minimum absolute atomic E-state index is 0.0564. The van der Waals surface area contributed by atoms with E-state index in [-0.39, 0.29) is 5.69 Å². The van der Waals surface area contributed by atoms with E-state index in [4.69, 9.17) is 0 Å². The van der Waals surface area contributed by atoms with Crippen molar-refractivity contribution >= 4 is 5.91 Å². The molecule has 2 rings (SSSR count). The third-order valence-electron chi connectivity index (χ3n) is 2.93. The number of halogens is 2. The average Bonchev–Trinajstić information content (AvgIpc) is 2.89. The summed E-state index contributed by atoms with van der Waals surface area (Å²) in [6.45, 7) is 3.04. The minimum Gasteiger partial charge on any atom is -0.351 e. The summed E-state index contributed by atoms with van der Waals surface area (Å²) in [5.41, 5.74) is -0.511. The number of nitrogens with zero attached hydrogens (tertiary/aromatic N) is 4. The molecule has 6 nitrogen and oxygen atoms in total. The lowest BCUT2D eigenvalue weighted by Crippen LogP contribution is -2.26. The highest BCUT2D eigenvalue weighted by Crippen LogP contribution is 2.15. The smallest absolute Gasteiger partial charge is 0.280 e. The van der Waals surface area contributed by atoms with Crippen LogP contribution in [0.2, 0.25) is 0 Å². The quantitative estimate of drug-likeness (QED) is 0.824. The Labute approximate surface area is 120 Å². The zero-order valence-electron chi connectivity index (χ0n) is 11.5. The van der Waals surface area contributed by atoms with Crippen LogP contribution in [-0.4, -0.2) is 32.0 Å². The van der Waals surface area contributed by atoms with E-state index in [2.05, 4.69) is 20.3 Å². The number of rotatable bonds is 6. The van der Waals surface area contributed by atoms with Crippen molar-refractivity contribution in [2.24, 2.45) is 0 Å². The minimum atomic E-state index is -2.72. The molecule has 8 heteroatoms. The summed E-state index contributed by atoms with van der Waals surface area (Å²) in [5.74, 6) is 0.417. The molecule has 112 valence electrons. The molecule has 0 aliphatic heterocycles. The lowest BCUT2D eigenvalue weighted by atomic mass is 10.3. The largest absolute Gasteiger partial charge is 0.351 e. The van der Waals surface area contributed by atoms with Crippen LogP contribution in [0.3, 0.4) is 0 Å². The van der Waals surface area contributed by atoms with Gasteiger partial charge in [-0.15, -0.1) is 0 Å². The maximum absolute atomic E-state index is 12.5. The molecule has 2 aromatic heterocycles. The van der Waals surface area contributed by atoms with Gasteiger partial charge in [-0.2, -0.15) is 0 Å².